The molecule has 0 aromatic heterocycles. The Bertz CT molecular complexity index is 326. The minimum absolute atomic E-state index is 0.194. The Hall–Kier alpha value is -0.810. The van der Waals surface area contributed by atoms with Crippen molar-refractivity contribution in [3.05, 3.63) is 0 Å². The van der Waals surface area contributed by atoms with E-state index in [1.807, 2.05) is 25.7 Å². The third-order valence-electron chi connectivity index (χ3n) is 3.33. The van der Waals surface area contributed by atoms with Crippen LogP contribution in [0.15, 0.2) is 0 Å². The smallest absolute Gasteiger partial charge is 0.410 e. The van der Waals surface area contributed by atoms with Crippen LogP contribution in [0.2, 0.25) is 0 Å². The van der Waals surface area contributed by atoms with Crippen molar-refractivity contribution in [1.29, 1.82) is 0 Å². The van der Waals surface area contributed by atoms with Crippen LogP contribution in [0.4, 0.5) is 4.79 Å². The first-order valence-corrected chi connectivity index (χ1v) is 8.06. The number of rotatable bonds is 6. The van der Waals surface area contributed by atoms with Gasteiger partial charge in [0.25, 0.3) is 0 Å². The summed E-state index contributed by atoms with van der Waals surface area (Å²) in [6.07, 6.45) is 2.77. The Morgan fingerprint density at radius 2 is 2.00 bits per heavy atom. The Labute approximate surface area is 129 Å². The molecule has 0 aromatic rings. The van der Waals surface area contributed by atoms with Gasteiger partial charge in [-0.25, -0.2) is 4.79 Å². The van der Waals surface area contributed by atoms with Crippen LogP contribution >= 0.6 is 0 Å². The molecule has 124 valence electrons. The number of nitrogens with one attached hydrogen (secondary N) is 1. The molecule has 1 saturated heterocycles. The van der Waals surface area contributed by atoms with Gasteiger partial charge in [0.15, 0.2) is 0 Å². The first-order valence-electron chi connectivity index (χ1n) is 8.06. The normalized spacial score (nSPS) is 20.9. The van der Waals surface area contributed by atoms with Crippen LogP contribution in [-0.4, -0.2) is 41.8 Å². The minimum atomic E-state index is -0.436. The second kappa shape index (κ2) is 7.99. The molecule has 0 spiro atoms. The molecule has 0 aromatic carbocycles. The first kappa shape index (κ1) is 18.2. The number of hydrogen-bond donors (Lipinski definition) is 1. The van der Waals surface area contributed by atoms with E-state index in [-0.39, 0.29) is 18.2 Å². The van der Waals surface area contributed by atoms with Crippen molar-refractivity contribution in [2.24, 2.45) is 5.92 Å². The van der Waals surface area contributed by atoms with Crippen molar-refractivity contribution in [2.75, 3.05) is 13.2 Å². The lowest BCUT2D eigenvalue weighted by molar-refractivity contribution is -0.00543. The summed E-state index contributed by atoms with van der Waals surface area (Å²) in [4.78, 5) is 19.5. The van der Waals surface area contributed by atoms with Crippen molar-refractivity contribution in [3.63, 3.8) is 0 Å². The lowest BCUT2D eigenvalue weighted by Gasteiger charge is -2.30. The molecule has 1 heterocycles. The highest BCUT2D eigenvalue weighted by molar-refractivity contribution is 5.68. The molecule has 2 unspecified atom stereocenters. The van der Waals surface area contributed by atoms with Crippen LogP contribution in [0.1, 0.15) is 60.8 Å². The molecule has 1 aliphatic rings. The zero-order chi connectivity index (χ0) is 16.0. The van der Waals surface area contributed by atoms with E-state index in [0.29, 0.717) is 12.5 Å². The largest absolute Gasteiger partial charge is 0.444 e. The van der Waals surface area contributed by atoms with Gasteiger partial charge in [-0.05, 0) is 52.9 Å². The SMILES string of the molecule is CC(C)CONC(C)CC1CCCN1C(=O)OC(C)(C)C. The number of carbonyl (C=O) groups excluding carboxylic acids is 1. The summed E-state index contributed by atoms with van der Waals surface area (Å²) in [7, 11) is 0. The van der Waals surface area contributed by atoms with E-state index >= 15 is 0 Å². The Morgan fingerprint density at radius 1 is 1.33 bits per heavy atom. The first-order chi connectivity index (χ1) is 9.69. The maximum Gasteiger partial charge on any atom is 0.410 e. The fraction of sp³-hybridized carbons (Fsp3) is 0.938. The van der Waals surface area contributed by atoms with Gasteiger partial charge in [-0.15, -0.1) is 0 Å². The summed E-state index contributed by atoms with van der Waals surface area (Å²) < 4.78 is 5.48. The Morgan fingerprint density at radius 3 is 2.57 bits per heavy atom. The van der Waals surface area contributed by atoms with Crippen molar-refractivity contribution in [1.82, 2.24) is 10.4 Å². The van der Waals surface area contributed by atoms with Crippen LogP contribution in [0.25, 0.3) is 0 Å². The molecular formula is C16H32N2O3. The van der Waals surface area contributed by atoms with E-state index in [1.165, 1.54) is 0 Å². The number of nitrogens with zero attached hydrogens (tertiary/aromatic N) is 1. The summed E-state index contributed by atoms with van der Waals surface area (Å²) >= 11 is 0. The molecule has 0 radical (unpaired) electrons. The quantitative estimate of drug-likeness (QED) is 0.764. The summed E-state index contributed by atoms with van der Waals surface area (Å²) in [5, 5.41) is 0. The second-order valence-electron chi connectivity index (χ2n) is 7.43. The molecule has 1 amide bonds. The topological polar surface area (TPSA) is 50.8 Å². The van der Waals surface area contributed by atoms with Gasteiger partial charge in [0.1, 0.15) is 5.60 Å². The molecule has 0 saturated carbocycles. The van der Waals surface area contributed by atoms with Crippen molar-refractivity contribution in [3.8, 4) is 0 Å². The zero-order valence-corrected chi connectivity index (χ0v) is 14.4. The number of likely N-dealkylation sites (tertiary alicyclic amines) is 1. The molecule has 0 bridgehead atoms. The summed E-state index contributed by atoms with van der Waals surface area (Å²) in [5.74, 6) is 0.509. The molecule has 1 N–H and O–H groups in total. The molecule has 5 nitrogen and oxygen atoms in total. The van der Waals surface area contributed by atoms with E-state index in [9.17, 15) is 4.79 Å². The summed E-state index contributed by atoms with van der Waals surface area (Å²) in [6.45, 7) is 13.5. The molecule has 1 rings (SSSR count). The number of ether oxygens (including phenoxy) is 1. The molecule has 1 aliphatic heterocycles. The van der Waals surface area contributed by atoms with E-state index in [1.54, 1.807) is 0 Å². The maximum atomic E-state index is 12.2. The average molecular weight is 300 g/mol. The maximum absolute atomic E-state index is 12.2. The van der Waals surface area contributed by atoms with Gasteiger partial charge < -0.3 is 14.5 Å². The zero-order valence-electron chi connectivity index (χ0n) is 14.4. The fourth-order valence-electron chi connectivity index (χ4n) is 2.45. The summed E-state index contributed by atoms with van der Waals surface area (Å²) in [5.41, 5.74) is 2.63. The molecule has 2 atom stereocenters. The summed E-state index contributed by atoms with van der Waals surface area (Å²) in [6, 6.07) is 0.460. The molecule has 21 heavy (non-hydrogen) atoms. The number of carbonyl (C=O) groups is 1. The van der Waals surface area contributed by atoms with Gasteiger partial charge in [0.2, 0.25) is 0 Å². The number of hydrogen-bond acceptors (Lipinski definition) is 4. The lowest BCUT2D eigenvalue weighted by atomic mass is 10.1. The second-order valence-corrected chi connectivity index (χ2v) is 7.43. The van der Waals surface area contributed by atoms with Crippen LogP contribution in [-0.2, 0) is 9.57 Å². The lowest BCUT2D eigenvalue weighted by Crippen LogP contribution is -2.42. The predicted octanol–water partition coefficient (Wildman–Crippen LogP) is 3.34. The van der Waals surface area contributed by atoms with Crippen LogP contribution in [0, 0.1) is 5.92 Å². The third kappa shape index (κ3) is 7.14. The molecule has 1 fully saturated rings. The molecule has 0 aliphatic carbocycles. The van der Waals surface area contributed by atoms with Crippen molar-refractivity contribution < 1.29 is 14.4 Å². The number of amides is 1. The van der Waals surface area contributed by atoms with Gasteiger partial charge >= 0.3 is 6.09 Å². The molecular weight excluding hydrogens is 268 g/mol. The Kier molecular flexibility index (Phi) is 6.94. The van der Waals surface area contributed by atoms with E-state index in [4.69, 9.17) is 9.57 Å². The molecule has 5 heteroatoms. The minimum Gasteiger partial charge on any atom is -0.444 e. The van der Waals surface area contributed by atoms with E-state index in [0.717, 1.165) is 25.8 Å². The highest BCUT2D eigenvalue weighted by Gasteiger charge is 2.32. The van der Waals surface area contributed by atoms with E-state index in [2.05, 4.69) is 26.3 Å². The van der Waals surface area contributed by atoms with Crippen molar-refractivity contribution >= 4 is 6.09 Å². The van der Waals surface area contributed by atoms with Crippen molar-refractivity contribution in [2.45, 2.75) is 78.5 Å². The van der Waals surface area contributed by atoms with Gasteiger partial charge in [-0.1, -0.05) is 13.8 Å². The highest BCUT2D eigenvalue weighted by Crippen LogP contribution is 2.24. The highest BCUT2D eigenvalue weighted by atomic mass is 16.6. The number of hydroxylamine groups is 1. The van der Waals surface area contributed by atoms with Crippen LogP contribution in [0.3, 0.4) is 0 Å². The van der Waals surface area contributed by atoms with Gasteiger partial charge in [-0.3, -0.25) is 0 Å². The fourth-order valence-corrected chi connectivity index (χ4v) is 2.45. The van der Waals surface area contributed by atoms with Gasteiger partial charge in [0.05, 0.1) is 6.61 Å². The predicted molar refractivity (Wildman–Crippen MR) is 84.0 cm³/mol. The average Bonchev–Trinajstić information content (AvgIpc) is 2.74. The monoisotopic (exact) mass is 300 g/mol. The third-order valence-corrected chi connectivity index (χ3v) is 3.33. The standard InChI is InChI=1S/C16H32N2O3/c1-12(2)11-20-17-13(3)10-14-8-7-9-18(14)15(19)21-16(4,5)6/h12-14,17H,7-11H2,1-6H3. The van der Waals surface area contributed by atoms with Gasteiger partial charge in [-0.2, -0.15) is 5.48 Å². The van der Waals surface area contributed by atoms with E-state index < -0.39 is 5.60 Å². The Balaban J connectivity index is 2.40. The van der Waals surface area contributed by atoms with Gasteiger partial charge in [0, 0.05) is 18.6 Å². The van der Waals surface area contributed by atoms with Crippen LogP contribution < -0.4 is 5.48 Å². The van der Waals surface area contributed by atoms with Crippen LogP contribution in [0.5, 0.6) is 0 Å².